The van der Waals surface area contributed by atoms with E-state index in [1.165, 1.54) is 0 Å². The molecule has 0 bridgehead atoms. The Balaban J connectivity index is -0.0000000150. The van der Waals surface area contributed by atoms with Crippen LogP contribution >= 0.6 is 0 Å². The normalized spacial score (nSPS) is 4.80. The molecule has 20 heavy (non-hydrogen) atoms. The van der Waals surface area contributed by atoms with Gasteiger partial charge in [0.2, 0.25) is 0 Å². The smallest absolute Gasteiger partial charge is 0.454 e. The molecule has 0 saturated heterocycles. The summed E-state index contributed by atoms with van der Waals surface area (Å²) in [5.74, 6) is -1.58. The van der Waals surface area contributed by atoms with E-state index in [1.54, 1.807) is 0 Å². The number of rotatable bonds is 0. The second-order valence-electron chi connectivity index (χ2n) is 1.78. The molecular weight excluding hydrogens is 373 g/mol. The van der Waals surface area contributed by atoms with Crippen LogP contribution < -0.4 is 245 Å². The molecule has 0 amide bonds. The van der Waals surface area contributed by atoms with Gasteiger partial charge >= 0.3 is 206 Å². The van der Waals surface area contributed by atoms with Crippen molar-refractivity contribution < 1.29 is 222 Å². The molecule has 0 aromatic heterocycles. The predicted octanol–water partition coefficient (Wildman–Crippen LogP) is -17.7. The fraction of sp³-hybridized carbons (Fsp3) is 0. The molecule has 0 aliphatic carbocycles. The van der Waals surface area contributed by atoms with Gasteiger partial charge in [-0.2, -0.15) is 0 Å². The third-order valence-corrected chi connectivity index (χ3v) is 0. The van der Waals surface area contributed by atoms with Crippen LogP contribution in [0.4, 0.5) is 0 Å². The SMILES string of the molecule is N=C([NH-])N.[K+].[K+].[K+].[K+].[NH-]C(N)=[NH2+].[NH-]C(N)=[NH2+].[NH-]C(N)=[NH2+]. The van der Waals surface area contributed by atoms with Crippen molar-refractivity contribution in [3.63, 3.8) is 0 Å². The van der Waals surface area contributed by atoms with Crippen molar-refractivity contribution in [1.29, 1.82) is 5.41 Å². The molecule has 0 saturated carbocycles. The molecule has 0 unspecified atom stereocenters. The minimum absolute atomic E-state index is 0. The van der Waals surface area contributed by atoms with Crippen molar-refractivity contribution in [2.45, 2.75) is 0 Å². The van der Waals surface area contributed by atoms with Gasteiger partial charge in [0.1, 0.15) is 0 Å². The minimum Gasteiger partial charge on any atom is -0.454 e. The molecule has 0 aromatic carbocycles. The van der Waals surface area contributed by atoms with Gasteiger partial charge in [-0.25, -0.2) is 0 Å². The van der Waals surface area contributed by atoms with Crippen LogP contribution in [0.3, 0.4) is 0 Å². The van der Waals surface area contributed by atoms with Crippen molar-refractivity contribution in [3.8, 4) is 0 Å². The topological polar surface area (TPSA) is 300 Å². The molecule has 12 nitrogen and oxygen atoms in total. The molecule has 0 fully saturated rings. The van der Waals surface area contributed by atoms with Crippen LogP contribution in [-0.2, 0) is 0 Å². The quantitative estimate of drug-likeness (QED) is 0.113. The molecule has 0 aliphatic heterocycles. The molecular formula is C4H19K4N12+3. The van der Waals surface area contributed by atoms with E-state index >= 15 is 0 Å². The maximum Gasteiger partial charge on any atom is 1.00 e. The Kier molecular flexibility index (Phi) is 107. The first-order chi connectivity index (χ1) is 6.93. The summed E-state index contributed by atoms with van der Waals surface area (Å²) in [7, 11) is 0. The number of hydrogen-bond acceptors (Lipinski definition) is 1. The van der Waals surface area contributed by atoms with E-state index in [2.05, 4.69) is 39.2 Å². The zero-order valence-corrected chi connectivity index (χ0v) is 25.0. The minimum atomic E-state index is -0.583. The Labute approximate surface area is 288 Å². The first-order valence-corrected chi connectivity index (χ1v) is 3.27. The summed E-state index contributed by atoms with van der Waals surface area (Å²) in [6.07, 6.45) is 0. The Morgan fingerprint density at radius 3 is 0.600 bits per heavy atom. The van der Waals surface area contributed by atoms with Crippen LogP contribution in [0.5, 0.6) is 0 Å². The first-order valence-electron chi connectivity index (χ1n) is 3.27. The number of nitrogens with one attached hydrogen (secondary N) is 5. The molecule has 96 valence electrons. The number of guanidine groups is 4. The summed E-state index contributed by atoms with van der Waals surface area (Å²) in [5.41, 5.74) is 41.9. The Bertz CT molecular complexity index is 167. The fourth-order valence-electron chi connectivity index (χ4n) is 0. The van der Waals surface area contributed by atoms with Crippen LogP contribution in [-0.4, -0.2) is 23.8 Å². The van der Waals surface area contributed by atoms with E-state index in [-0.39, 0.29) is 223 Å². The Morgan fingerprint density at radius 2 is 0.600 bits per heavy atom. The second-order valence-corrected chi connectivity index (χ2v) is 1.78. The van der Waals surface area contributed by atoms with E-state index in [4.69, 9.17) is 28.3 Å². The molecule has 0 spiro atoms. The molecule has 19 N–H and O–H groups in total. The van der Waals surface area contributed by atoms with Crippen molar-refractivity contribution in [1.82, 2.24) is 0 Å². The monoisotopic (exact) mass is 391 g/mol. The Morgan fingerprint density at radius 1 is 0.600 bits per heavy atom. The molecule has 0 aromatic rings. The van der Waals surface area contributed by atoms with Crippen LogP contribution in [0.15, 0.2) is 0 Å². The summed E-state index contributed by atoms with van der Waals surface area (Å²) in [5, 5.41) is 19.4. The van der Waals surface area contributed by atoms with Crippen molar-refractivity contribution in [2.24, 2.45) is 22.9 Å². The third-order valence-electron chi connectivity index (χ3n) is 0. The maximum absolute atomic E-state index is 6.06. The molecule has 16 heteroatoms. The Hall–Kier alpha value is 3.63. The van der Waals surface area contributed by atoms with E-state index < -0.39 is 5.96 Å². The van der Waals surface area contributed by atoms with Gasteiger partial charge in [0.05, 0.1) is 0 Å². The van der Waals surface area contributed by atoms with Gasteiger partial charge in [-0.1, -0.05) is 0 Å². The van der Waals surface area contributed by atoms with E-state index in [1.807, 2.05) is 0 Å². The summed E-state index contributed by atoms with van der Waals surface area (Å²) in [4.78, 5) is 0. The summed E-state index contributed by atoms with van der Waals surface area (Å²) < 4.78 is 0. The van der Waals surface area contributed by atoms with Crippen LogP contribution in [0, 0.1) is 5.41 Å². The van der Waals surface area contributed by atoms with Gasteiger partial charge < -0.3 is 50.3 Å². The standard InChI is InChI=1S/3CH5N3.CH4N3.4K/c4*2-1(3)4;;;;/h3*(H5,2,3,4);(H4-,2,3,4);;;;/q;;;-1;4*+1. The first kappa shape index (κ1) is 49.5. The van der Waals surface area contributed by atoms with Crippen molar-refractivity contribution in [3.05, 3.63) is 22.9 Å². The molecule has 0 radical (unpaired) electrons. The van der Waals surface area contributed by atoms with Crippen molar-refractivity contribution >= 4 is 23.8 Å². The average Bonchev–Trinajstić information content (AvgIpc) is 1.76. The van der Waals surface area contributed by atoms with E-state index in [9.17, 15) is 0 Å². The summed E-state index contributed by atoms with van der Waals surface area (Å²) in [6.45, 7) is 0. The average molecular weight is 392 g/mol. The zero-order valence-electron chi connectivity index (χ0n) is 12.5. The molecule has 0 aliphatic rings. The van der Waals surface area contributed by atoms with Gasteiger partial charge in [-0.15, -0.1) is 0 Å². The van der Waals surface area contributed by atoms with Gasteiger partial charge in [0.25, 0.3) is 0 Å². The molecule has 0 heterocycles. The molecule has 0 rings (SSSR count). The second kappa shape index (κ2) is 43.3. The number of hydrogen-bond donors (Lipinski definition) is 8. The van der Waals surface area contributed by atoms with Gasteiger partial charge in [-0.3, -0.25) is 17.2 Å². The van der Waals surface area contributed by atoms with E-state index in [0.29, 0.717) is 0 Å². The van der Waals surface area contributed by atoms with Crippen LogP contribution in [0.1, 0.15) is 0 Å². The third kappa shape index (κ3) is 700. The van der Waals surface area contributed by atoms with Gasteiger partial charge in [-0.05, 0) is 5.96 Å². The maximum atomic E-state index is 6.06. The fourth-order valence-corrected chi connectivity index (χ4v) is 0. The number of nitrogens with two attached hydrogens (primary N) is 7. The van der Waals surface area contributed by atoms with Gasteiger partial charge in [0.15, 0.2) is 17.9 Å². The van der Waals surface area contributed by atoms with Gasteiger partial charge in [0, 0.05) is 0 Å². The largest absolute Gasteiger partial charge is 1.00 e. The van der Waals surface area contributed by atoms with Crippen LogP contribution in [0.25, 0.3) is 22.9 Å². The predicted molar refractivity (Wildman–Crippen MR) is 62.6 cm³/mol. The van der Waals surface area contributed by atoms with Crippen molar-refractivity contribution in [2.75, 3.05) is 0 Å². The summed E-state index contributed by atoms with van der Waals surface area (Å²) in [6, 6.07) is 0. The summed E-state index contributed by atoms with van der Waals surface area (Å²) >= 11 is 0. The molecule has 0 atom stereocenters. The van der Waals surface area contributed by atoms with E-state index in [0.717, 1.165) is 0 Å². The van der Waals surface area contributed by atoms with Crippen LogP contribution in [0.2, 0.25) is 0 Å². The zero-order chi connectivity index (χ0) is 14.3.